The molecule has 0 aromatic heterocycles. The lowest BCUT2D eigenvalue weighted by atomic mass is 10.1. The summed E-state index contributed by atoms with van der Waals surface area (Å²) in [6.45, 7) is 6.57. The number of ether oxygens (including phenoxy) is 3. The number of hydrogen-bond donors (Lipinski definition) is 0. The fourth-order valence-corrected chi connectivity index (χ4v) is 6.43. The molecule has 0 aromatic carbocycles. The highest BCUT2D eigenvalue weighted by Crippen LogP contribution is 2.14. The standard InChI is InChI=1S/C47H86O6/c1-4-7-10-13-16-19-21-23-25-28-31-34-37-40-46(49)52-43-44(42-51-45(48)39-36-33-30-27-18-15-12-9-6-3)53-47(50)41-38-35-32-29-26-24-22-20-17-14-11-8-5-2/h19-22,44H,4-18,23-43H2,1-3H3/b21-19-,22-20-. The van der Waals surface area contributed by atoms with E-state index in [2.05, 4.69) is 45.1 Å². The summed E-state index contributed by atoms with van der Waals surface area (Å²) in [5.41, 5.74) is 0. The molecule has 1 atom stereocenters. The van der Waals surface area contributed by atoms with Crippen molar-refractivity contribution >= 4 is 17.9 Å². The first-order chi connectivity index (χ1) is 26.0. The van der Waals surface area contributed by atoms with Crippen molar-refractivity contribution in [2.24, 2.45) is 0 Å². The lowest BCUT2D eigenvalue weighted by molar-refractivity contribution is -0.167. The van der Waals surface area contributed by atoms with Gasteiger partial charge in [-0.3, -0.25) is 14.4 Å². The van der Waals surface area contributed by atoms with Gasteiger partial charge >= 0.3 is 17.9 Å². The predicted molar refractivity (Wildman–Crippen MR) is 224 cm³/mol. The van der Waals surface area contributed by atoms with Gasteiger partial charge in [-0.1, -0.05) is 173 Å². The first kappa shape index (κ1) is 50.9. The Bertz CT molecular complexity index is 865. The second-order valence-corrected chi connectivity index (χ2v) is 15.3. The van der Waals surface area contributed by atoms with Gasteiger partial charge in [0.05, 0.1) is 0 Å². The first-order valence-corrected chi connectivity index (χ1v) is 22.8. The number of allylic oxidation sites excluding steroid dienone is 4. The Morgan fingerprint density at radius 3 is 0.962 bits per heavy atom. The largest absolute Gasteiger partial charge is 0.462 e. The molecule has 0 spiro atoms. The molecule has 6 heteroatoms. The maximum atomic E-state index is 12.7. The van der Waals surface area contributed by atoms with Gasteiger partial charge in [-0.05, 0) is 70.6 Å². The van der Waals surface area contributed by atoms with Crippen molar-refractivity contribution in [1.29, 1.82) is 0 Å². The van der Waals surface area contributed by atoms with Gasteiger partial charge in [0.1, 0.15) is 13.2 Å². The second kappa shape index (κ2) is 42.6. The van der Waals surface area contributed by atoms with Crippen molar-refractivity contribution in [3.63, 3.8) is 0 Å². The van der Waals surface area contributed by atoms with Crippen molar-refractivity contribution in [3.8, 4) is 0 Å². The van der Waals surface area contributed by atoms with Crippen LogP contribution in [0.3, 0.4) is 0 Å². The third-order valence-electron chi connectivity index (χ3n) is 9.93. The summed E-state index contributed by atoms with van der Waals surface area (Å²) in [7, 11) is 0. The van der Waals surface area contributed by atoms with Crippen LogP contribution in [0.1, 0.15) is 239 Å². The lowest BCUT2D eigenvalue weighted by Crippen LogP contribution is -2.30. The van der Waals surface area contributed by atoms with E-state index < -0.39 is 6.10 Å². The summed E-state index contributed by atoms with van der Waals surface area (Å²) in [6.07, 6.45) is 45.8. The van der Waals surface area contributed by atoms with Gasteiger partial charge in [0, 0.05) is 19.3 Å². The Morgan fingerprint density at radius 1 is 0.358 bits per heavy atom. The smallest absolute Gasteiger partial charge is 0.306 e. The second-order valence-electron chi connectivity index (χ2n) is 15.3. The molecule has 0 aromatic rings. The van der Waals surface area contributed by atoms with Crippen LogP contribution in [-0.2, 0) is 28.6 Å². The molecule has 6 nitrogen and oxygen atoms in total. The third-order valence-corrected chi connectivity index (χ3v) is 9.93. The van der Waals surface area contributed by atoms with Crippen LogP contribution in [0.5, 0.6) is 0 Å². The summed E-state index contributed by atoms with van der Waals surface area (Å²) in [5, 5.41) is 0. The molecule has 0 fully saturated rings. The van der Waals surface area contributed by atoms with Crippen LogP contribution >= 0.6 is 0 Å². The molecule has 0 bridgehead atoms. The van der Waals surface area contributed by atoms with E-state index in [1.54, 1.807) is 0 Å². The van der Waals surface area contributed by atoms with E-state index in [-0.39, 0.29) is 31.1 Å². The first-order valence-electron chi connectivity index (χ1n) is 22.8. The summed E-state index contributed by atoms with van der Waals surface area (Å²) in [4.78, 5) is 37.6. The van der Waals surface area contributed by atoms with Crippen molar-refractivity contribution in [1.82, 2.24) is 0 Å². The fourth-order valence-electron chi connectivity index (χ4n) is 6.43. The topological polar surface area (TPSA) is 78.9 Å². The van der Waals surface area contributed by atoms with E-state index in [1.165, 1.54) is 128 Å². The lowest BCUT2D eigenvalue weighted by Gasteiger charge is -2.18. The monoisotopic (exact) mass is 747 g/mol. The van der Waals surface area contributed by atoms with E-state index in [4.69, 9.17) is 14.2 Å². The number of carbonyl (C=O) groups is 3. The Balaban J connectivity index is 4.37. The SMILES string of the molecule is CCCCCC/C=C\CCCCCCCC(=O)OCC(COC(=O)CCCCCCCCCCC)OC(=O)CCCCCCC/C=C\CCCCCC. The van der Waals surface area contributed by atoms with Gasteiger partial charge in [0.2, 0.25) is 0 Å². The van der Waals surface area contributed by atoms with Crippen molar-refractivity contribution < 1.29 is 28.6 Å². The number of rotatable bonds is 41. The van der Waals surface area contributed by atoms with Gasteiger partial charge in [-0.2, -0.15) is 0 Å². The highest BCUT2D eigenvalue weighted by atomic mass is 16.6. The number of hydrogen-bond acceptors (Lipinski definition) is 6. The molecule has 310 valence electrons. The average Bonchev–Trinajstić information content (AvgIpc) is 3.15. The quantitative estimate of drug-likeness (QED) is 0.0268. The molecule has 0 saturated carbocycles. The molecule has 0 aliphatic heterocycles. The predicted octanol–water partition coefficient (Wildman–Crippen LogP) is 14.4. The van der Waals surface area contributed by atoms with Gasteiger partial charge in [-0.25, -0.2) is 0 Å². The molecule has 0 radical (unpaired) electrons. The molecule has 0 aliphatic rings. The van der Waals surface area contributed by atoms with E-state index in [9.17, 15) is 14.4 Å². The minimum absolute atomic E-state index is 0.0748. The highest BCUT2D eigenvalue weighted by Gasteiger charge is 2.19. The van der Waals surface area contributed by atoms with Crippen molar-refractivity contribution in [2.75, 3.05) is 13.2 Å². The molecule has 1 unspecified atom stereocenters. The number of unbranched alkanes of at least 4 members (excludes halogenated alkanes) is 26. The molecule has 0 rings (SSSR count). The molecule has 0 heterocycles. The number of carbonyl (C=O) groups excluding carboxylic acids is 3. The van der Waals surface area contributed by atoms with Gasteiger partial charge in [0.25, 0.3) is 0 Å². The Labute approximate surface area is 328 Å². The highest BCUT2D eigenvalue weighted by molar-refractivity contribution is 5.71. The van der Waals surface area contributed by atoms with Gasteiger partial charge < -0.3 is 14.2 Å². The van der Waals surface area contributed by atoms with E-state index in [1.807, 2.05) is 0 Å². The van der Waals surface area contributed by atoms with E-state index in [0.717, 1.165) is 70.6 Å². The minimum atomic E-state index is -0.771. The van der Waals surface area contributed by atoms with Gasteiger partial charge in [-0.15, -0.1) is 0 Å². The molecule has 0 amide bonds. The summed E-state index contributed by atoms with van der Waals surface area (Å²) >= 11 is 0. The maximum absolute atomic E-state index is 12.7. The Kier molecular flexibility index (Phi) is 40.9. The summed E-state index contributed by atoms with van der Waals surface area (Å²) in [6, 6.07) is 0. The maximum Gasteiger partial charge on any atom is 0.306 e. The van der Waals surface area contributed by atoms with Crippen LogP contribution in [0.2, 0.25) is 0 Å². The zero-order valence-electron chi connectivity index (χ0n) is 35.3. The molecule has 0 saturated heterocycles. The molecule has 53 heavy (non-hydrogen) atoms. The molecule has 0 N–H and O–H groups in total. The van der Waals surface area contributed by atoms with E-state index >= 15 is 0 Å². The van der Waals surface area contributed by atoms with Crippen LogP contribution in [0.4, 0.5) is 0 Å². The van der Waals surface area contributed by atoms with E-state index in [0.29, 0.717) is 19.3 Å². The zero-order chi connectivity index (χ0) is 38.7. The van der Waals surface area contributed by atoms with Crippen LogP contribution in [0, 0.1) is 0 Å². The Morgan fingerprint density at radius 2 is 0.623 bits per heavy atom. The minimum Gasteiger partial charge on any atom is -0.462 e. The van der Waals surface area contributed by atoms with Crippen molar-refractivity contribution in [3.05, 3.63) is 24.3 Å². The summed E-state index contributed by atoms with van der Waals surface area (Å²) < 4.78 is 16.7. The van der Waals surface area contributed by atoms with Crippen LogP contribution in [-0.4, -0.2) is 37.2 Å². The normalized spacial score (nSPS) is 12.1. The summed E-state index contributed by atoms with van der Waals surface area (Å²) in [5.74, 6) is -0.892. The van der Waals surface area contributed by atoms with Gasteiger partial charge in [0.15, 0.2) is 6.10 Å². The van der Waals surface area contributed by atoms with Crippen LogP contribution in [0.15, 0.2) is 24.3 Å². The van der Waals surface area contributed by atoms with Crippen LogP contribution in [0.25, 0.3) is 0 Å². The third kappa shape index (κ3) is 40.9. The van der Waals surface area contributed by atoms with Crippen molar-refractivity contribution in [2.45, 2.75) is 245 Å². The Hall–Kier alpha value is -2.11. The zero-order valence-corrected chi connectivity index (χ0v) is 35.3. The average molecular weight is 747 g/mol. The molecule has 0 aliphatic carbocycles. The molecular weight excluding hydrogens is 661 g/mol. The fraction of sp³-hybridized carbons (Fsp3) is 0.851. The molecular formula is C47H86O6. The number of esters is 3. The van der Waals surface area contributed by atoms with Crippen LogP contribution < -0.4 is 0 Å².